The molecule has 53 heavy (non-hydrogen) atoms. The normalized spacial score (nSPS) is 12.2. The number of rotatable bonds is 12. The number of benzene rings is 4. The molecule has 0 atom stereocenters. The highest BCUT2D eigenvalue weighted by Gasteiger charge is 2.19. The van der Waals surface area contributed by atoms with E-state index in [-0.39, 0.29) is 35.5 Å². The summed E-state index contributed by atoms with van der Waals surface area (Å²) in [7, 11) is 0. The lowest BCUT2D eigenvalue weighted by molar-refractivity contribution is -0.354. The summed E-state index contributed by atoms with van der Waals surface area (Å²) in [5, 5.41) is 32.3. The molecule has 0 radical (unpaired) electrons. The molecule has 2 amide bonds. The lowest BCUT2D eigenvalue weighted by atomic mass is 9.92. The Labute approximate surface area is 316 Å². The molecular weight excluding hydrogens is 681 g/mol. The number of amides is 2. The molecule has 0 aliphatic carbocycles. The second-order valence-corrected chi connectivity index (χ2v) is 15.5. The van der Waals surface area contributed by atoms with Gasteiger partial charge in [0.1, 0.15) is 0 Å². The summed E-state index contributed by atoms with van der Waals surface area (Å²) in [6, 6.07) is 28.8. The van der Waals surface area contributed by atoms with Crippen LogP contribution in [0.15, 0.2) is 97.1 Å². The van der Waals surface area contributed by atoms with Gasteiger partial charge in [-0.3, -0.25) is 9.59 Å². The number of para-hydroxylation sites is 2. The minimum absolute atomic E-state index is 0.237. The van der Waals surface area contributed by atoms with Gasteiger partial charge >= 0.3 is 0 Å². The van der Waals surface area contributed by atoms with Gasteiger partial charge < -0.3 is 21.0 Å². The first-order valence-electron chi connectivity index (χ1n) is 18.0. The summed E-state index contributed by atoms with van der Waals surface area (Å²) < 4.78 is 1.48. The van der Waals surface area contributed by atoms with E-state index in [0.29, 0.717) is 32.3 Å². The summed E-state index contributed by atoms with van der Waals surface area (Å²) in [6.45, 7) is 16.8. The van der Waals surface area contributed by atoms with Crippen molar-refractivity contribution in [3.8, 4) is 0 Å². The van der Waals surface area contributed by atoms with Gasteiger partial charge in [0.25, 0.3) is 11.8 Å². The predicted octanol–water partition coefficient (Wildman–Crippen LogP) is 11.3. The fourth-order valence-corrected chi connectivity index (χ4v) is 7.01. The van der Waals surface area contributed by atoms with Crippen molar-refractivity contribution in [3.63, 3.8) is 0 Å². The predicted molar refractivity (Wildman–Crippen MR) is 219 cm³/mol. The van der Waals surface area contributed by atoms with Crippen LogP contribution in [-0.4, -0.2) is 33.7 Å². The van der Waals surface area contributed by atoms with E-state index < -0.39 is 0 Å². The molecule has 0 aliphatic rings. The molecule has 0 aliphatic heterocycles. The van der Waals surface area contributed by atoms with Gasteiger partial charge in [0, 0.05) is 46.8 Å². The molecule has 0 saturated heterocycles. The highest BCUT2D eigenvalue weighted by Crippen LogP contribution is 2.34. The van der Waals surface area contributed by atoms with Gasteiger partial charge in [-0.25, -0.2) is 0 Å². The van der Waals surface area contributed by atoms with Gasteiger partial charge in [0.2, 0.25) is 11.4 Å². The first kappa shape index (κ1) is 38.7. The van der Waals surface area contributed by atoms with Crippen molar-refractivity contribution in [1.29, 1.82) is 0 Å². The fourth-order valence-electron chi connectivity index (χ4n) is 6.17. The largest absolute Gasteiger partial charge is 0.618 e. The van der Waals surface area contributed by atoms with Crippen LogP contribution >= 0.6 is 11.3 Å². The molecular formula is C44H48N4O4S. The number of hydrogen-bond donors (Lipinski definition) is 2. The molecule has 0 spiro atoms. The Morgan fingerprint density at radius 3 is 1.09 bits per heavy atom. The number of thiophene rings is 1. The fraction of sp³-hybridized carbons (Fsp3) is 0.273. The quantitative estimate of drug-likeness (QED) is 0.0576. The molecule has 9 heteroatoms. The average Bonchev–Trinajstić information content (AvgIpc) is 3.57. The summed E-state index contributed by atoms with van der Waals surface area (Å²) >= 11 is 1.29. The van der Waals surface area contributed by atoms with Crippen molar-refractivity contribution in [2.45, 2.75) is 79.1 Å². The lowest BCUT2D eigenvalue weighted by Crippen LogP contribution is -2.16. The minimum Gasteiger partial charge on any atom is -0.618 e. The third-order valence-corrected chi connectivity index (χ3v) is 10.1. The van der Waals surface area contributed by atoms with Crippen LogP contribution in [0.3, 0.4) is 0 Å². The SMILES string of the molecule is CC(C)c1cccc(C(C)C)c1NC(=O)c1ccc(/[N+]([O-])=C/c2ccc(/C=[N+](\[O-])c3ccc(C(=O)Nc4c(C(C)C)cccc4C(C)C)cc3)s2)cc1. The number of hydrogen-bond acceptors (Lipinski definition) is 5. The topological polar surface area (TPSA) is 110 Å². The Morgan fingerprint density at radius 1 is 0.509 bits per heavy atom. The zero-order valence-electron chi connectivity index (χ0n) is 31.6. The lowest BCUT2D eigenvalue weighted by Gasteiger charge is -2.20. The molecule has 1 heterocycles. The Morgan fingerprint density at radius 2 is 0.811 bits per heavy atom. The van der Waals surface area contributed by atoms with Crippen molar-refractivity contribution in [2.75, 3.05) is 10.6 Å². The zero-order chi connectivity index (χ0) is 38.4. The molecule has 0 unspecified atom stereocenters. The Bertz CT molecular complexity index is 1940. The highest BCUT2D eigenvalue weighted by molar-refractivity contribution is 7.15. The first-order valence-corrected chi connectivity index (χ1v) is 18.9. The smallest absolute Gasteiger partial charge is 0.255 e. The van der Waals surface area contributed by atoms with E-state index in [9.17, 15) is 20.0 Å². The first-order chi connectivity index (χ1) is 25.2. The molecule has 274 valence electrons. The van der Waals surface area contributed by atoms with Gasteiger partial charge in [-0.15, -0.1) is 11.3 Å². The van der Waals surface area contributed by atoms with Crippen LogP contribution in [0.25, 0.3) is 0 Å². The Balaban J connectivity index is 1.25. The Kier molecular flexibility index (Phi) is 12.3. The van der Waals surface area contributed by atoms with Crippen LogP contribution in [0, 0.1) is 10.4 Å². The summed E-state index contributed by atoms with van der Waals surface area (Å²) in [6.07, 6.45) is 2.88. The zero-order valence-corrected chi connectivity index (χ0v) is 32.5. The van der Waals surface area contributed by atoms with E-state index in [1.54, 1.807) is 60.7 Å². The molecule has 2 N–H and O–H groups in total. The van der Waals surface area contributed by atoms with Crippen LogP contribution in [-0.2, 0) is 0 Å². The number of nitrogens with one attached hydrogen (secondary N) is 2. The maximum Gasteiger partial charge on any atom is 0.255 e. The minimum atomic E-state index is -0.237. The van der Waals surface area contributed by atoms with Crippen molar-refractivity contribution >= 4 is 58.3 Å². The van der Waals surface area contributed by atoms with Crippen molar-refractivity contribution in [1.82, 2.24) is 0 Å². The summed E-state index contributed by atoms with van der Waals surface area (Å²) in [5.41, 5.74) is 7.64. The molecule has 1 aromatic heterocycles. The van der Waals surface area contributed by atoms with E-state index in [1.165, 1.54) is 23.8 Å². The molecule has 0 bridgehead atoms. The highest BCUT2D eigenvalue weighted by atomic mass is 32.1. The van der Waals surface area contributed by atoms with Gasteiger partial charge in [0.15, 0.2) is 12.4 Å². The van der Waals surface area contributed by atoms with Crippen molar-refractivity contribution < 1.29 is 19.1 Å². The molecule has 4 aromatic carbocycles. The van der Waals surface area contributed by atoms with Gasteiger partial charge in [-0.2, -0.15) is 9.48 Å². The van der Waals surface area contributed by atoms with Crippen LogP contribution in [0.2, 0.25) is 0 Å². The number of carbonyl (C=O) groups is 2. The number of nitrogens with zero attached hydrogens (tertiary/aromatic N) is 2. The van der Waals surface area contributed by atoms with E-state index in [0.717, 1.165) is 43.1 Å². The molecule has 8 nitrogen and oxygen atoms in total. The van der Waals surface area contributed by atoms with Crippen molar-refractivity contribution in [2.24, 2.45) is 0 Å². The average molecular weight is 729 g/mol. The second-order valence-electron chi connectivity index (χ2n) is 14.4. The van der Waals surface area contributed by atoms with Crippen LogP contribution in [0.4, 0.5) is 22.7 Å². The third-order valence-electron chi connectivity index (χ3n) is 9.13. The standard InChI is InChI=1S/C44H48N4O4S/c1-27(2)37-11-9-12-38(28(3)4)41(37)45-43(49)31-15-19-33(20-16-31)47(51)25-35-23-24-36(53-35)26-48(52)34-21-17-32(18-22-34)44(50)46-42-39(29(5)6)13-10-14-40(42)30(7)8/h9-30H,1-8H3,(H,45,49)(H,46,50)/b47-25-,48-26-. The Hall–Kier alpha value is -5.54. The van der Waals surface area contributed by atoms with Gasteiger partial charge in [-0.05, 0) is 82.3 Å². The number of anilines is 2. The summed E-state index contributed by atoms with van der Waals surface area (Å²) in [5.74, 6) is 0.495. The maximum atomic E-state index is 13.2. The van der Waals surface area contributed by atoms with E-state index in [1.807, 2.05) is 36.4 Å². The number of carbonyl (C=O) groups excluding carboxylic acids is 2. The molecule has 5 rings (SSSR count). The van der Waals surface area contributed by atoms with Crippen molar-refractivity contribution in [3.05, 3.63) is 151 Å². The summed E-state index contributed by atoms with van der Waals surface area (Å²) in [4.78, 5) is 27.8. The third kappa shape index (κ3) is 9.28. The van der Waals surface area contributed by atoms with E-state index >= 15 is 0 Å². The van der Waals surface area contributed by atoms with Crippen LogP contribution in [0.5, 0.6) is 0 Å². The molecule has 5 aromatic rings. The second kappa shape index (κ2) is 16.9. The van der Waals surface area contributed by atoms with Crippen LogP contribution in [0.1, 0.15) is 132 Å². The van der Waals surface area contributed by atoms with Crippen LogP contribution < -0.4 is 10.6 Å². The molecule has 0 fully saturated rings. The van der Waals surface area contributed by atoms with Gasteiger partial charge in [-0.1, -0.05) is 91.8 Å². The van der Waals surface area contributed by atoms with E-state index in [4.69, 9.17) is 0 Å². The van der Waals surface area contributed by atoms with Gasteiger partial charge in [0.05, 0.1) is 9.75 Å². The monoisotopic (exact) mass is 728 g/mol. The van der Waals surface area contributed by atoms with E-state index in [2.05, 4.69) is 66.0 Å². The maximum absolute atomic E-state index is 13.2. The molecule has 0 saturated carbocycles.